The minimum absolute atomic E-state index is 0.490. The molecule has 0 aromatic heterocycles. The Balaban J connectivity index is 2.03. The molecule has 26 heavy (non-hydrogen) atoms. The third-order valence-electron chi connectivity index (χ3n) is 3.58. The first kappa shape index (κ1) is 19.7. The molecule has 2 aromatic rings. The molecule has 0 aliphatic carbocycles. The number of nitrogens with one attached hydrogen (secondary N) is 2. The molecular weight excluding hydrogens is 346 g/mol. The molecule has 0 heterocycles. The van der Waals surface area contributed by atoms with Crippen molar-refractivity contribution in [1.29, 1.82) is 0 Å². The maximum atomic E-state index is 5.94. The molecule has 2 aromatic carbocycles. The smallest absolute Gasteiger partial charge is 0.186 e. The summed E-state index contributed by atoms with van der Waals surface area (Å²) in [5.41, 5.74) is 7.23. The molecule has 0 unspecified atom stereocenters. The van der Waals surface area contributed by atoms with E-state index >= 15 is 0 Å². The van der Waals surface area contributed by atoms with Gasteiger partial charge in [0, 0.05) is 6.54 Å². The number of aryl methyl sites for hydroxylation is 2. The molecule has 0 atom stereocenters. The van der Waals surface area contributed by atoms with E-state index in [9.17, 15) is 0 Å². The van der Waals surface area contributed by atoms with Gasteiger partial charge in [-0.15, -0.1) is 0 Å². The van der Waals surface area contributed by atoms with E-state index in [1.807, 2.05) is 25.1 Å². The lowest BCUT2D eigenvalue weighted by Crippen LogP contribution is -2.31. The summed E-state index contributed by atoms with van der Waals surface area (Å²) in [6.07, 6.45) is 1.68. The van der Waals surface area contributed by atoms with E-state index in [4.69, 9.17) is 21.7 Å². The number of methoxy groups -OCH3 is 1. The van der Waals surface area contributed by atoms with E-state index in [0.717, 1.165) is 17.7 Å². The van der Waals surface area contributed by atoms with Gasteiger partial charge in [-0.3, -0.25) is 5.43 Å². The van der Waals surface area contributed by atoms with Gasteiger partial charge in [-0.25, -0.2) is 0 Å². The van der Waals surface area contributed by atoms with Gasteiger partial charge in [0.2, 0.25) is 0 Å². The minimum atomic E-state index is 0.490. The second-order valence-corrected chi connectivity index (χ2v) is 6.33. The Kier molecular flexibility index (Phi) is 7.41. The highest BCUT2D eigenvalue weighted by atomic mass is 32.1. The Bertz CT molecular complexity index is 770. The standard InChI is InChI=1S/C20H25N3O2S/c1-5-21-20(26)23-22-12-16-6-7-18(19(11-16)24-4)25-13-17-9-14(2)8-15(3)10-17/h6-12H,5,13H2,1-4H3,(H2,21,23,26)/b22-12+. The van der Waals surface area contributed by atoms with Crippen molar-refractivity contribution in [1.82, 2.24) is 10.7 Å². The molecule has 5 nitrogen and oxygen atoms in total. The Morgan fingerprint density at radius 1 is 1.12 bits per heavy atom. The normalized spacial score (nSPS) is 10.6. The second-order valence-electron chi connectivity index (χ2n) is 5.92. The molecule has 0 aliphatic rings. The summed E-state index contributed by atoms with van der Waals surface area (Å²) in [6, 6.07) is 12.1. The summed E-state index contributed by atoms with van der Waals surface area (Å²) in [5, 5.41) is 7.56. The van der Waals surface area contributed by atoms with Gasteiger partial charge in [-0.2, -0.15) is 5.10 Å². The van der Waals surface area contributed by atoms with E-state index in [2.05, 4.69) is 47.9 Å². The first-order chi connectivity index (χ1) is 12.5. The summed E-state index contributed by atoms with van der Waals surface area (Å²) in [6.45, 7) is 7.38. The van der Waals surface area contributed by atoms with Crippen LogP contribution in [0.1, 0.15) is 29.2 Å². The number of thiocarbonyl (C=S) groups is 1. The fraction of sp³-hybridized carbons (Fsp3) is 0.300. The summed E-state index contributed by atoms with van der Waals surface area (Å²) in [7, 11) is 1.62. The molecule has 0 fully saturated rings. The lowest BCUT2D eigenvalue weighted by molar-refractivity contribution is 0.284. The van der Waals surface area contributed by atoms with Crippen LogP contribution in [0.25, 0.3) is 0 Å². The third kappa shape index (κ3) is 6.04. The monoisotopic (exact) mass is 371 g/mol. The zero-order chi connectivity index (χ0) is 18.9. The third-order valence-corrected chi connectivity index (χ3v) is 3.82. The van der Waals surface area contributed by atoms with Gasteiger partial charge in [0.1, 0.15) is 6.61 Å². The van der Waals surface area contributed by atoms with Gasteiger partial charge < -0.3 is 14.8 Å². The van der Waals surface area contributed by atoms with Crippen molar-refractivity contribution in [2.75, 3.05) is 13.7 Å². The van der Waals surface area contributed by atoms with Gasteiger partial charge in [0.25, 0.3) is 0 Å². The number of hydrazone groups is 1. The largest absolute Gasteiger partial charge is 0.493 e. The summed E-state index contributed by atoms with van der Waals surface area (Å²) in [5.74, 6) is 1.35. The molecule has 138 valence electrons. The van der Waals surface area contributed by atoms with Crippen LogP contribution < -0.4 is 20.2 Å². The van der Waals surface area contributed by atoms with Crippen LogP contribution in [0.15, 0.2) is 41.5 Å². The van der Waals surface area contributed by atoms with E-state index in [0.29, 0.717) is 23.2 Å². The predicted octanol–water partition coefficient (Wildman–Crippen LogP) is 3.71. The lowest BCUT2D eigenvalue weighted by atomic mass is 10.1. The van der Waals surface area contributed by atoms with Crippen LogP contribution in [-0.2, 0) is 6.61 Å². The van der Waals surface area contributed by atoms with Crippen molar-refractivity contribution in [2.45, 2.75) is 27.4 Å². The van der Waals surface area contributed by atoms with Crippen molar-refractivity contribution in [3.8, 4) is 11.5 Å². The van der Waals surface area contributed by atoms with Crippen LogP contribution in [0.2, 0.25) is 0 Å². The summed E-state index contributed by atoms with van der Waals surface area (Å²) < 4.78 is 11.4. The molecule has 0 aliphatic heterocycles. The molecule has 0 saturated heterocycles. The maximum absolute atomic E-state index is 5.94. The molecule has 0 amide bonds. The second kappa shape index (κ2) is 9.77. The van der Waals surface area contributed by atoms with Gasteiger partial charge in [-0.1, -0.05) is 29.3 Å². The first-order valence-electron chi connectivity index (χ1n) is 8.46. The predicted molar refractivity (Wildman–Crippen MR) is 110 cm³/mol. The van der Waals surface area contributed by atoms with E-state index < -0.39 is 0 Å². The van der Waals surface area contributed by atoms with E-state index in [1.54, 1.807) is 13.3 Å². The van der Waals surface area contributed by atoms with Crippen molar-refractivity contribution in [2.24, 2.45) is 5.10 Å². The average molecular weight is 372 g/mol. The minimum Gasteiger partial charge on any atom is -0.493 e. The first-order valence-corrected chi connectivity index (χ1v) is 8.87. The van der Waals surface area contributed by atoms with Crippen LogP contribution in [0.4, 0.5) is 0 Å². The topological polar surface area (TPSA) is 54.9 Å². The van der Waals surface area contributed by atoms with Crippen molar-refractivity contribution in [3.63, 3.8) is 0 Å². The Labute approximate surface area is 160 Å². The molecule has 0 spiro atoms. The fourth-order valence-corrected chi connectivity index (χ4v) is 2.76. The van der Waals surface area contributed by atoms with Gasteiger partial charge in [0.05, 0.1) is 13.3 Å². The van der Waals surface area contributed by atoms with Crippen LogP contribution in [0.5, 0.6) is 11.5 Å². The zero-order valence-electron chi connectivity index (χ0n) is 15.6. The van der Waals surface area contributed by atoms with Crippen molar-refractivity contribution in [3.05, 3.63) is 58.7 Å². The van der Waals surface area contributed by atoms with Gasteiger partial charge in [-0.05, 0) is 62.3 Å². The highest BCUT2D eigenvalue weighted by Gasteiger charge is 2.06. The number of nitrogens with zero attached hydrogens (tertiary/aromatic N) is 1. The van der Waals surface area contributed by atoms with Crippen molar-refractivity contribution >= 4 is 23.5 Å². The Morgan fingerprint density at radius 2 is 1.85 bits per heavy atom. The number of ether oxygens (including phenoxy) is 2. The number of hydrogen-bond acceptors (Lipinski definition) is 4. The molecule has 2 rings (SSSR count). The average Bonchev–Trinajstić information content (AvgIpc) is 2.60. The number of rotatable bonds is 7. The zero-order valence-corrected chi connectivity index (χ0v) is 16.4. The molecular formula is C20H25N3O2S. The summed E-state index contributed by atoms with van der Waals surface area (Å²) in [4.78, 5) is 0. The quantitative estimate of drug-likeness (QED) is 0.441. The van der Waals surface area contributed by atoms with E-state index in [-0.39, 0.29) is 0 Å². The van der Waals surface area contributed by atoms with Crippen LogP contribution in [-0.4, -0.2) is 25.0 Å². The Hall–Kier alpha value is -2.60. The molecule has 0 bridgehead atoms. The van der Waals surface area contributed by atoms with Crippen LogP contribution in [0, 0.1) is 13.8 Å². The SMILES string of the molecule is CCNC(=S)N/N=C/c1ccc(OCc2cc(C)cc(C)c2)c(OC)c1. The maximum Gasteiger partial charge on any atom is 0.186 e. The molecule has 6 heteroatoms. The molecule has 2 N–H and O–H groups in total. The van der Waals surface area contributed by atoms with Crippen LogP contribution in [0.3, 0.4) is 0 Å². The molecule has 0 saturated carbocycles. The van der Waals surface area contributed by atoms with Crippen LogP contribution >= 0.6 is 12.2 Å². The van der Waals surface area contributed by atoms with Gasteiger partial charge in [0.15, 0.2) is 16.6 Å². The highest BCUT2D eigenvalue weighted by molar-refractivity contribution is 7.80. The summed E-state index contributed by atoms with van der Waals surface area (Å²) >= 11 is 5.06. The van der Waals surface area contributed by atoms with Crippen molar-refractivity contribution < 1.29 is 9.47 Å². The Morgan fingerprint density at radius 3 is 2.50 bits per heavy atom. The molecule has 0 radical (unpaired) electrons. The lowest BCUT2D eigenvalue weighted by Gasteiger charge is -2.12. The van der Waals surface area contributed by atoms with Gasteiger partial charge >= 0.3 is 0 Å². The number of benzene rings is 2. The fourth-order valence-electron chi connectivity index (χ4n) is 2.56. The van der Waals surface area contributed by atoms with E-state index in [1.165, 1.54) is 11.1 Å². The highest BCUT2D eigenvalue weighted by Crippen LogP contribution is 2.28. The number of hydrogen-bond donors (Lipinski definition) is 2.